The van der Waals surface area contributed by atoms with Crippen molar-refractivity contribution in [2.45, 2.75) is 6.92 Å². The van der Waals surface area contributed by atoms with Gasteiger partial charge < -0.3 is 4.74 Å². The van der Waals surface area contributed by atoms with Gasteiger partial charge in [0.05, 0.1) is 5.56 Å². The molecule has 0 saturated heterocycles. The first-order chi connectivity index (χ1) is 5.70. The first-order valence-corrected chi connectivity index (χ1v) is 3.48. The van der Waals surface area contributed by atoms with Gasteiger partial charge in [-0.25, -0.2) is 4.79 Å². The van der Waals surface area contributed by atoms with Crippen molar-refractivity contribution in [1.29, 1.82) is 0 Å². The largest absolute Gasteiger partial charge is 0.390 e. The standard InChI is InChI=1S/C9H8O3.K/c1-7(10)12-9(11)8-5-3-2-4-6-8;/h2-6H,1H3;. The van der Waals surface area contributed by atoms with Gasteiger partial charge in [0, 0.05) is 58.3 Å². The monoisotopic (exact) mass is 203 g/mol. The van der Waals surface area contributed by atoms with E-state index in [1.54, 1.807) is 30.3 Å². The van der Waals surface area contributed by atoms with Gasteiger partial charge in [-0.1, -0.05) is 18.2 Å². The number of esters is 2. The summed E-state index contributed by atoms with van der Waals surface area (Å²) in [5.41, 5.74) is 0.382. The van der Waals surface area contributed by atoms with Gasteiger partial charge in [0.1, 0.15) is 0 Å². The molecular weight excluding hydrogens is 195 g/mol. The Kier molecular flexibility index (Phi) is 6.45. The third-order valence-corrected chi connectivity index (χ3v) is 1.25. The summed E-state index contributed by atoms with van der Waals surface area (Å²) >= 11 is 0. The minimum atomic E-state index is -0.608. The zero-order valence-electron chi connectivity index (χ0n) is 7.61. The first-order valence-electron chi connectivity index (χ1n) is 3.48. The zero-order chi connectivity index (χ0) is 8.97. The first kappa shape index (κ1) is 13.0. The third kappa shape index (κ3) is 4.68. The van der Waals surface area contributed by atoms with E-state index in [0.29, 0.717) is 5.56 Å². The molecule has 0 amide bonds. The SMILES string of the molecule is CC(=O)OC(=O)c1ccccc1.[K]. The Morgan fingerprint density at radius 1 is 1.15 bits per heavy atom. The van der Waals surface area contributed by atoms with Crippen LogP contribution in [0.2, 0.25) is 0 Å². The molecule has 0 aromatic heterocycles. The smallest absolute Gasteiger partial charge is 0.345 e. The average Bonchev–Trinajstić information content (AvgIpc) is 2.05. The number of rotatable bonds is 1. The Morgan fingerprint density at radius 3 is 2.15 bits per heavy atom. The van der Waals surface area contributed by atoms with Crippen LogP contribution >= 0.6 is 0 Å². The molecule has 1 aromatic rings. The number of ether oxygens (including phenoxy) is 1. The van der Waals surface area contributed by atoms with Crippen LogP contribution in [-0.4, -0.2) is 63.3 Å². The Morgan fingerprint density at radius 2 is 1.69 bits per heavy atom. The molecule has 4 heteroatoms. The zero-order valence-corrected chi connectivity index (χ0v) is 10.7. The number of benzene rings is 1. The molecule has 0 aliphatic heterocycles. The van der Waals surface area contributed by atoms with Gasteiger partial charge in [0.25, 0.3) is 0 Å². The average molecular weight is 203 g/mol. The molecule has 0 saturated carbocycles. The maximum atomic E-state index is 11.0. The predicted octanol–water partition coefficient (Wildman–Crippen LogP) is 1.01. The number of carbonyl (C=O) groups excluding carboxylic acids is 2. The van der Waals surface area contributed by atoms with E-state index in [4.69, 9.17) is 0 Å². The molecular formula is C9H8KO3. The van der Waals surface area contributed by atoms with Crippen LogP contribution in [0.25, 0.3) is 0 Å². The molecule has 0 atom stereocenters. The van der Waals surface area contributed by atoms with Gasteiger partial charge in [0.15, 0.2) is 0 Å². The molecule has 0 heterocycles. The molecule has 0 aliphatic carbocycles. The maximum Gasteiger partial charge on any atom is 0.345 e. The summed E-state index contributed by atoms with van der Waals surface area (Å²) in [5.74, 6) is -1.20. The van der Waals surface area contributed by atoms with Crippen LogP contribution < -0.4 is 0 Å². The van der Waals surface area contributed by atoms with Crippen molar-refractivity contribution in [2.24, 2.45) is 0 Å². The Balaban J connectivity index is 0.00000144. The van der Waals surface area contributed by atoms with Crippen LogP contribution in [0, 0.1) is 0 Å². The summed E-state index contributed by atoms with van der Waals surface area (Å²) in [5, 5.41) is 0. The Hall–Kier alpha value is -0.00364. The molecule has 1 rings (SSSR count). The fraction of sp³-hybridized carbons (Fsp3) is 0.111. The van der Waals surface area contributed by atoms with E-state index in [2.05, 4.69) is 4.74 Å². The quantitative estimate of drug-likeness (QED) is 0.388. The van der Waals surface area contributed by atoms with E-state index in [9.17, 15) is 9.59 Å². The summed E-state index contributed by atoms with van der Waals surface area (Å²) < 4.78 is 4.36. The van der Waals surface area contributed by atoms with Gasteiger partial charge in [-0.3, -0.25) is 4.79 Å². The van der Waals surface area contributed by atoms with Crippen molar-refractivity contribution in [3.8, 4) is 0 Å². The summed E-state index contributed by atoms with van der Waals surface area (Å²) in [6, 6.07) is 8.37. The van der Waals surface area contributed by atoms with E-state index in [1.165, 1.54) is 6.92 Å². The Labute approximate surface area is 119 Å². The minimum Gasteiger partial charge on any atom is -0.390 e. The van der Waals surface area contributed by atoms with Crippen LogP contribution in [0.5, 0.6) is 0 Å². The summed E-state index contributed by atoms with van der Waals surface area (Å²) in [6.07, 6.45) is 0. The number of hydrogen-bond acceptors (Lipinski definition) is 3. The normalized spacial score (nSPS) is 8.38. The van der Waals surface area contributed by atoms with Crippen molar-refractivity contribution < 1.29 is 14.3 Å². The summed E-state index contributed by atoms with van der Waals surface area (Å²) in [4.78, 5) is 21.4. The molecule has 13 heavy (non-hydrogen) atoms. The van der Waals surface area contributed by atoms with Crippen molar-refractivity contribution in [3.05, 3.63) is 35.9 Å². The fourth-order valence-electron chi connectivity index (χ4n) is 0.764. The molecule has 0 N–H and O–H groups in total. The molecule has 1 radical (unpaired) electrons. The van der Waals surface area contributed by atoms with E-state index >= 15 is 0 Å². The number of hydrogen-bond donors (Lipinski definition) is 0. The fourth-order valence-corrected chi connectivity index (χ4v) is 0.764. The summed E-state index contributed by atoms with van der Waals surface area (Å²) in [7, 11) is 0. The second kappa shape index (κ2) is 6.45. The van der Waals surface area contributed by atoms with Crippen molar-refractivity contribution >= 4 is 63.3 Å². The van der Waals surface area contributed by atoms with E-state index in [-0.39, 0.29) is 51.4 Å². The third-order valence-electron chi connectivity index (χ3n) is 1.25. The molecule has 3 nitrogen and oxygen atoms in total. The molecule has 0 bridgehead atoms. The van der Waals surface area contributed by atoms with E-state index in [0.717, 1.165) is 0 Å². The topological polar surface area (TPSA) is 43.4 Å². The van der Waals surface area contributed by atoms with E-state index < -0.39 is 11.9 Å². The van der Waals surface area contributed by atoms with Crippen LogP contribution in [0.3, 0.4) is 0 Å². The Bertz CT molecular complexity index is 295. The molecule has 0 spiro atoms. The van der Waals surface area contributed by atoms with Crippen molar-refractivity contribution in [1.82, 2.24) is 0 Å². The minimum absolute atomic E-state index is 0. The molecule has 0 unspecified atom stereocenters. The summed E-state index contributed by atoms with van der Waals surface area (Å²) in [6.45, 7) is 1.20. The molecule has 63 valence electrons. The maximum absolute atomic E-state index is 11.0. The number of carbonyl (C=O) groups is 2. The van der Waals surface area contributed by atoms with Gasteiger partial charge >= 0.3 is 11.9 Å². The van der Waals surface area contributed by atoms with Gasteiger partial charge in [-0.2, -0.15) is 0 Å². The van der Waals surface area contributed by atoms with Gasteiger partial charge in [-0.15, -0.1) is 0 Å². The van der Waals surface area contributed by atoms with E-state index in [1.807, 2.05) is 0 Å². The second-order valence-corrected chi connectivity index (χ2v) is 2.25. The van der Waals surface area contributed by atoms with Crippen LogP contribution in [-0.2, 0) is 9.53 Å². The molecule has 1 aromatic carbocycles. The van der Waals surface area contributed by atoms with Crippen LogP contribution in [0.15, 0.2) is 30.3 Å². The van der Waals surface area contributed by atoms with Crippen LogP contribution in [0.4, 0.5) is 0 Å². The van der Waals surface area contributed by atoms with Gasteiger partial charge in [0.2, 0.25) is 0 Å². The second-order valence-electron chi connectivity index (χ2n) is 2.25. The molecule has 0 aliphatic rings. The predicted molar refractivity (Wildman–Crippen MR) is 48.3 cm³/mol. The van der Waals surface area contributed by atoms with Crippen molar-refractivity contribution in [2.75, 3.05) is 0 Å². The van der Waals surface area contributed by atoms with Crippen molar-refractivity contribution in [3.63, 3.8) is 0 Å². The van der Waals surface area contributed by atoms with Crippen LogP contribution in [0.1, 0.15) is 17.3 Å². The molecule has 0 fully saturated rings. The van der Waals surface area contributed by atoms with Gasteiger partial charge in [-0.05, 0) is 12.1 Å².